The van der Waals surface area contributed by atoms with Gasteiger partial charge in [-0.2, -0.15) is 0 Å². The van der Waals surface area contributed by atoms with E-state index >= 15 is 0 Å². The van der Waals surface area contributed by atoms with Crippen LogP contribution in [-0.4, -0.2) is 55.1 Å². The molecule has 2 fully saturated rings. The van der Waals surface area contributed by atoms with Crippen LogP contribution in [0.15, 0.2) is 17.5 Å². The van der Waals surface area contributed by atoms with Crippen LogP contribution in [0.3, 0.4) is 0 Å². The molecule has 8 heteroatoms. The van der Waals surface area contributed by atoms with Crippen LogP contribution in [0.4, 0.5) is 4.79 Å². The molecule has 6 nitrogen and oxygen atoms in total. The number of hydrogen-bond donors (Lipinski definition) is 1. The van der Waals surface area contributed by atoms with Crippen LogP contribution in [0.25, 0.3) is 0 Å². The van der Waals surface area contributed by atoms with E-state index in [1.54, 1.807) is 20.5 Å². The molecule has 25 heavy (non-hydrogen) atoms. The summed E-state index contributed by atoms with van der Waals surface area (Å²) in [6.45, 7) is 4.37. The van der Waals surface area contributed by atoms with E-state index in [9.17, 15) is 13.2 Å². The monoisotopic (exact) mass is 385 g/mol. The van der Waals surface area contributed by atoms with Gasteiger partial charge in [-0.05, 0) is 43.6 Å². The van der Waals surface area contributed by atoms with Gasteiger partial charge in [0.15, 0.2) is 0 Å². The molecule has 1 aromatic rings. The van der Waals surface area contributed by atoms with Gasteiger partial charge in [0.25, 0.3) is 0 Å². The van der Waals surface area contributed by atoms with Gasteiger partial charge in [-0.3, -0.25) is 0 Å². The summed E-state index contributed by atoms with van der Waals surface area (Å²) in [5.74, 6) is 0. The third-order valence-electron chi connectivity index (χ3n) is 5.17. The molecule has 0 bridgehead atoms. The molecule has 2 saturated heterocycles. The first-order valence-corrected chi connectivity index (χ1v) is 11.5. The molecule has 1 atom stereocenters. The van der Waals surface area contributed by atoms with Crippen LogP contribution in [0.2, 0.25) is 0 Å². The summed E-state index contributed by atoms with van der Waals surface area (Å²) in [5, 5.41) is 4.76. The average molecular weight is 386 g/mol. The fraction of sp³-hybridized carbons (Fsp3) is 0.706. The van der Waals surface area contributed by atoms with Crippen LogP contribution in [-0.2, 0) is 10.0 Å². The predicted octanol–water partition coefficient (Wildman–Crippen LogP) is 2.80. The van der Waals surface area contributed by atoms with E-state index in [1.807, 2.05) is 17.5 Å². The summed E-state index contributed by atoms with van der Waals surface area (Å²) in [6.07, 6.45) is 3.82. The van der Waals surface area contributed by atoms with Gasteiger partial charge in [-0.15, -0.1) is 11.3 Å². The number of hydrogen-bond acceptors (Lipinski definition) is 4. The molecule has 1 aromatic heterocycles. The Labute approximate surface area is 154 Å². The van der Waals surface area contributed by atoms with E-state index in [0.29, 0.717) is 39.0 Å². The van der Waals surface area contributed by atoms with Crippen molar-refractivity contribution in [1.82, 2.24) is 14.5 Å². The quantitative estimate of drug-likeness (QED) is 0.847. The SMILES string of the molecule is CCC(NC(=O)N1CCC(S(=O)(=O)N2CCCC2)CC1)c1cccs1. The van der Waals surface area contributed by atoms with Gasteiger partial charge in [0.1, 0.15) is 0 Å². The minimum atomic E-state index is -3.20. The Hall–Kier alpha value is -1.12. The van der Waals surface area contributed by atoms with Crippen molar-refractivity contribution in [3.63, 3.8) is 0 Å². The van der Waals surface area contributed by atoms with Crippen LogP contribution in [0.1, 0.15) is 49.9 Å². The van der Waals surface area contributed by atoms with E-state index < -0.39 is 10.0 Å². The highest BCUT2D eigenvalue weighted by Crippen LogP contribution is 2.25. The van der Waals surface area contributed by atoms with Gasteiger partial charge >= 0.3 is 6.03 Å². The largest absolute Gasteiger partial charge is 0.330 e. The first kappa shape index (κ1) is 18.7. The number of carbonyl (C=O) groups is 1. The molecule has 0 aromatic carbocycles. The Morgan fingerprint density at radius 1 is 1.28 bits per heavy atom. The van der Waals surface area contributed by atoms with E-state index in [2.05, 4.69) is 12.2 Å². The Bertz CT molecular complexity index is 661. The second kappa shape index (κ2) is 8.05. The fourth-order valence-corrected chi connectivity index (χ4v) is 6.47. The zero-order valence-corrected chi connectivity index (χ0v) is 16.3. The molecule has 0 aliphatic carbocycles. The summed E-state index contributed by atoms with van der Waals surface area (Å²) in [7, 11) is -3.20. The van der Waals surface area contributed by atoms with Gasteiger partial charge in [0, 0.05) is 31.1 Å². The Morgan fingerprint density at radius 2 is 1.96 bits per heavy atom. The third kappa shape index (κ3) is 4.17. The van der Waals surface area contributed by atoms with E-state index in [4.69, 9.17) is 0 Å². The first-order valence-electron chi connectivity index (χ1n) is 9.10. The molecule has 2 aliphatic rings. The topological polar surface area (TPSA) is 69.7 Å². The fourth-order valence-electron chi connectivity index (χ4n) is 3.61. The van der Waals surface area contributed by atoms with Gasteiger partial charge < -0.3 is 10.2 Å². The smallest absolute Gasteiger partial charge is 0.317 e. The first-order chi connectivity index (χ1) is 12.0. The van der Waals surface area contributed by atoms with Crippen LogP contribution < -0.4 is 5.32 Å². The zero-order valence-electron chi connectivity index (χ0n) is 14.7. The second-order valence-electron chi connectivity index (χ2n) is 6.76. The van der Waals surface area contributed by atoms with Crippen LogP contribution in [0.5, 0.6) is 0 Å². The lowest BCUT2D eigenvalue weighted by Gasteiger charge is -2.34. The minimum Gasteiger partial charge on any atom is -0.330 e. The summed E-state index contributed by atoms with van der Waals surface area (Å²) < 4.78 is 26.9. The highest BCUT2D eigenvalue weighted by Gasteiger charge is 2.36. The number of rotatable bonds is 5. The third-order valence-corrected chi connectivity index (χ3v) is 8.55. The van der Waals surface area contributed by atoms with Gasteiger partial charge in [-0.25, -0.2) is 17.5 Å². The molecule has 0 radical (unpaired) electrons. The number of likely N-dealkylation sites (tertiary alicyclic amines) is 1. The minimum absolute atomic E-state index is 0.0264. The average Bonchev–Trinajstić information content (AvgIpc) is 3.33. The number of amides is 2. The summed E-state index contributed by atoms with van der Waals surface area (Å²) in [4.78, 5) is 15.4. The lowest BCUT2D eigenvalue weighted by atomic mass is 10.1. The standard InChI is InChI=1S/C17H27N3O3S2/c1-2-15(16-6-5-13-24-16)18-17(21)19-11-7-14(8-12-19)25(22,23)20-9-3-4-10-20/h5-6,13-15H,2-4,7-12H2,1H3,(H,18,21). The van der Waals surface area contributed by atoms with Crippen molar-refractivity contribution in [3.8, 4) is 0 Å². The predicted molar refractivity (Wildman–Crippen MR) is 100 cm³/mol. The van der Waals surface area contributed by atoms with Crippen molar-refractivity contribution in [1.29, 1.82) is 0 Å². The van der Waals surface area contributed by atoms with Gasteiger partial charge in [0.05, 0.1) is 11.3 Å². The number of urea groups is 1. The maximum atomic E-state index is 12.7. The lowest BCUT2D eigenvalue weighted by molar-refractivity contribution is 0.182. The number of thiophene rings is 1. The Balaban J connectivity index is 1.54. The molecule has 3 rings (SSSR count). The molecular weight excluding hydrogens is 358 g/mol. The van der Waals surface area contributed by atoms with Crippen molar-refractivity contribution < 1.29 is 13.2 Å². The zero-order chi connectivity index (χ0) is 17.9. The molecule has 0 spiro atoms. The molecule has 1 N–H and O–H groups in total. The number of nitrogens with one attached hydrogen (secondary N) is 1. The van der Waals surface area contributed by atoms with Gasteiger partial charge in [-0.1, -0.05) is 13.0 Å². The van der Waals surface area contributed by atoms with Crippen molar-refractivity contribution in [2.45, 2.75) is 50.3 Å². The number of sulfonamides is 1. The Kier molecular flexibility index (Phi) is 6.01. The van der Waals surface area contributed by atoms with Crippen molar-refractivity contribution >= 4 is 27.4 Å². The summed E-state index contributed by atoms with van der Waals surface area (Å²) >= 11 is 1.64. The number of carbonyl (C=O) groups excluding carboxylic acids is 1. The van der Waals surface area contributed by atoms with Crippen LogP contribution in [0, 0.1) is 0 Å². The van der Waals surface area contributed by atoms with E-state index in [0.717, 1.165) is 24.1 Å². The second-order valence-corrected chi connectivity index (χ2v) is 9.96. The van der Waals surface area contributed by atoms with Crippen molar-refractivity contribution in [2.24, 2.45) is 0 Å². The van der Waals surface area contributed by atoms with Crippen molar-refractivity contribution in [3.05, 3.63) is 22.4 Å². The summed E-state index contributed by atoms with van der Waals surface area (Å²) in [5.41, 5.74) is 0. The highest BCUT2D eigenvalue weighted by molar-refractivity contribution is 7.89. The normalized spacial score (nSPS) is 21.4. The van der Waals surface area contributed by atoms with Gasteiger partial charge in [0.2, 0.25) is 10.0 Å². The number of piperidine rings is 1. The maximum Gasteiger partial charge on any atom is 0.317 e. The van der Waals surface area contributed by atoms with E-state index in [-0.39, 0.29) is 17.3 Å². The summed E-state index contributed by atoms with van der Waals surface area (Å²) in [6, 6.07) is 3.97. The molecule has 2 aliphatic heterocycles. The van der Waals surface area contributed by atoms with Crippen LogP contribution >= 0.6 is 11.3 Å². The Morgan fingerprint density at radius 3 is 2.52 bits per heavy atom. The van der Waals surface area contributed by atoms with E-state index in [1.165, 1.54) is 0 Å². The lowest BCUT2D eigenvalue weighted by Crippen LogP contribution is -2.49. The molecule has 0 saturated carbocycles. The molecule has 140 valence electrons. The highest BCUT2D eigenvalue weighted by atomic mass is 32.2. The maximum absolute atomic E-state index is 12.7. The molecule has 2 amide bonds. The molecular formula is C17H27N3O3S2. The molecule has 1 unspecified atom stereocenters. The molecule has 3 heterocycles. The van der Waals surface area contributed by atoms with Crippen molar-refractivity contribution in [2.75, 3.05) is 26.2 Å². The number of nitrogens with zero attached hydrogens (tertiary/aromatic N) is 2.